The van der Waals surface area contributed by atoms with Gasteiger partial charge in [0.1, 0.15) is 36.8 Å². The molecule has 3 aromatic carbocycles. The number of amides is 1. The maximum atomic E-state index is 13.4. The normalized spacial score (nSPS) is 16.4. The highest BCUT2D eigenvalue weighted by Gasteiger charge is 2.29. The van der Waals surface area contributed by atoms with Gasteiger partial charge in [-0.05, 0) is 59.9 Å². The fourth-order valence-corrected chi connectivity index (χ4v) is 6.75. The molecule has 0 spiro atoms. The van der Waals surface area contributed by atoms with Crippen LogP contribution in [-0.4, -0.2) is 83.7 Å². The zero-order valence-electron chi connectivity index (χ0n) is 28.7. The van der Waals surface area contributed by atoms with E-state index in [1.165, 1.54) is 6.20 Å². The number of nitrogens with one attached hydrogen (secondary N) is 1. The van der Waals surface area contributed by atoms with Crippen molar-refractivity contribution in [1.29, 1.82) is 5.26 Å². The van der Waals surface area contributed by atoms with Gasteiger partial charge in [-0.25, -0.2) is 0 Å². The molecule has 2 fully saturated rings. The van der Waals surface area contributed by atoms with Crippen LogP contribution in [0.5, 0.6) is 11.5 Å². The molecule has 51 heavy (non-hydrogen) atoms. The number of carboxylic acids is 1. The van der Waals surface area contributed by atoms with Gasteiger partial charge in [-0.15, -0.1) is 0 Å². The topological polar surface area (TPSA) is 137 Å². The summed E-state index contributed by atoms with van der Waals surface area (Å²) in [5.74, 6) is 0.00415. The molecule has 3 heterocycles. The second-order valence-corrected chi connectivity index (χ2v) is 13.1. The molecule has 264 valence electrons. The third kappa shape index (κ3) is 8.32. The van der Waals surface area contributed by atoms with Crippen LogP contribution in [-0.2, 0) is 29.3 Å². The fourth-order valence-electron chi connectivity index (χ4n) is 6.51. The molecule has 4 aromatic rings. The van der Waals surface area contributed by atoms with Crippen molar-refractivity contribution >= 4 is 23.5 Å². The summed E-state index contributed by atoms with van der Waals surface area (Å²) < 4.78 is 18.1. The first kappa shape index (κ1) is 35.8. The maximum Gasteiger partial charge on any atom is 0.322 e. The van der Waals surface area contributed by atoms with E-state index in [4.69, 9.17) is 25.8 Å². The third-order valence-electron chi connectivity index (χ3n) is 9.43. The minimum Gasteiger partial charge on any atom is -0.488 e. The standard InChI is InChI=1S/C39H40ClN5O6/c1-25-29(5-3-6-31(25)32-7-4-8-33(26(32)2)38(46)44-11-13-49-14-12-44)24-51-37-17-36(50-23-28-15-27(18-41)19-43-20-28)30(16-34(37)40)22-45-10-9-42-21-35(45)39(47)48/h3-8,15-17,19-20,35,42H,9-14,21-24H2,1-2H3,(H,47,48). The Morgan fingerprint density at radius 2 is 1.73 bits per heavy atom. The zero-order valence-corrected chi connectivity index (χ0v) is 29.4. The monoisotopic (exact) mass is 709 g/mol. The number of nitrogens with zero attached hydrogens (tertiary/aromatic N) is 4. The number of halogens is 1. The van der Waals surface area contributed by atoms with Gasteiger partial charge in [0.2, 0.25) is 0 Å². The number of aliphatic carboxylic acids is 1. The second-order valence-electron chi connectivity index (χ2n) is 12.7. The van der Waals surface area contributed by atoms with Crippen molar-refractivity contribution in [2.24, 2.45) is 0 Å². The van der Waals surface area contributed by atoms with E-state index in [0.717, 1.165) is 27.8 Å². The van der Waals surface area contributed by atoms with E-state index in [-0.39, 0.29) is 19.1 Å². The Bertz CT molecular complexity index is 1960. The number of ether oxygens (including phenoxy) is 3. The van der Waals surface area contributed by atoms with Crippen LogP contribution >= 0.6 is 11.6 Å². The Kier molecular flexibility index (Phi) is 11.5. The summed E-state index contributed by atoms with van der Waals surface area (Å²) in [5.41, 5.74) is 7.40. The maximum absolute atomic E-state index is 13.4. The Balaban J connectivity index is 1.25. The van der Waals surface area contributed by atoms with Gasteiger partial charge in [0.05, 0.1) is 23.8 Å². The van der Waals surface area contributed by atoms with Crippen LogP contribution < -0.4 is 14.8 Å². The molecule has 11 nitrogen and oxygen atoms in total. The number of carboxylic acid groups (broad SMARTS) is 1. The van der Waals surface area contributed by atoms with Crippen LogP contribution in [0.15, 0.2) is 67.0 Å². The van der Waals surface area contributed by atoms with E-state index >= 15 is 0 Å². The van der Waals surface area contributed by atoms with Gasteiger partial charge in [0, 0.05) is 74.4 Å². The molecule has 2 N–H and O–H groups in total. The average molecular weight is 710 g/mol. The van der Waals surface area contributed by atoms with Crippen molar-refractivity contribution in [1.82, 2.24) is 20.1 Å². The molecule has 2 saturated heterocycles. The molecule has 1 atom stereocenters. The zero-order chi connectivity index (χ0) is 35.9. The SMILES string of the molecule is Cc1c(COc2cc(OCc3cncc(C#N)c3)c(CN3CCNCC3C(=O)O)cc2Cl)cccc1-c1cccc(C(=O)N2CCOCC2)c1C. The van der Waals surface area contributed by atoms with Gasteiger partial charge in [-0.3, -0.25) is 19.5 Å². The number of benzene rings is 3. The fraction of sp³-hybridized carbons (Fsp3) is 0.333. The molecule has 0 radical (unpaired) electrons. The summed E-state index contributed by atoms with van der Waals surface area (Å²) in [5, 5.41) is 22.7. The number of aromatic nitrogens is 1. The molecular formula is C39H40ClN5O6. The van der Waals surface area contributed by atoms with E-state index < -0.39 is 12.0 Å². The lowest BCUT2D eigenvalue weighted by Gasteiger charge is -2.33. The number of nitriles is 1. The van der Waals surface area contributed by atoms with Gasteiger partial charge in [-0.2, -0.15) is 5.26 Å². The van der Waals surface area contributed by atoms with Crippen molar-refractivity contribution < 1.29 is 28.9 Å². The number of hydrogen-bond acceptors (Lipinski definition) is 9. The Labute approximate surface area is 302 Å². The largest absolute Gasteiger partial charge is 0.488 e. The Morgan fingerprint density at radius 3 is 2.49 bits per heavy atom. The molecular weight excluding hydrogens is 670 g/mol. The second kappa shape index (κ2) is 16.4. The minimum absolute atomic E-state index is 0.00960. The molecule has 0 bridgehead atoms. The predicted octanol–water partition coefficient (Wildman–Crippen LogP) is 5.38. The summed E-state index contributed by atoms with van der Waals surface area (Å²) in [6, 6.07) is 18.5. The number of rotatable bonds is 11. The average Bonchev–Trinajstić information content (AvgIpc) is 3.15. The van der Waals surface area contributed by atoms with Crippen LogP contribution in [0.25, 0.3) is 11.1 Å². The van der Waals surface area contributed by atoms with E-state index in [2.05, 4.69) is 22.4 Å². The van der Waals surface area contributed by atoms with E-state index in [9.17, 15) is 20.0 Å². The van der Waals surface area contributed by atoms with Crippen molar-refractivity contribution in [2.75, 3.05) is 45.9 Å². The highest BCUT2D eigenvalue weighted by Crippen LogP contribution is 2.36. The Hall–Kier alpha value is -4.99. The van der Waals surface area contributed by atoms with E-state index in [1.807, 2.05) is 54.0 Å². The van der Waals surface area contributed by atoms with Crippen LogP contribution in [0.3, 0.4) is 0 Å². The summed E-state index contributed by atoms with van der Waals surface area (Å²) in [7, 11) is 0. The number of hydrogen-bond donors (Lipinski definition) is 2. The van der Waals surface area contributed by atoms with Gasteiger partial charge >= 0.3 is 5.97 Å². The van der Waals surface area contributed by atoms with Crippen molar-refractivity contribution in [2.45, 2.75) is 39.6 Å². The minimum atomic E-state index is -0.904. The molecule has 6 rings (SSSR count). The number of morpholine rings is 1. The van der Waals surface area contributed by atoms with Crippen molar-refractivity contribution in [3.63, 3.8) is 0 Å². The Morgan fingerprint density at radius 1 is 0.980 bits per heavy atom. The molecule has 2 aliphatic heterocycles. The smallest absolute Gasteiger partial charge is 0.322 e. The lowest BCUT2D eigenvalue weighted by molar-refractivity contribution is -0.144. The summed E-state index contributed by atoms with van der Waals surface area (Å²) in [6.07, 6.45) is 3.12. The number of carbonyl (C=O) groups is 2. The molecule has 0 aliphatic carbocycles. The first-order valence-electron chi connectivity index (χ1n) is 16.9. The first-order valence-corrected chi connectivity index (χ1v) is 17.3. The number of pyridine rings is 1. The van der Waals surface area contributed by atoms with E-state index in [0.29, 0.717) is 91.3 Å². The van der Waals surface area contributed by atoms with Gasteiger partial charge < -0.3 is 29.5 Å². The quantitative estimate of drug-likeness (QED) is 0.209. The lowest BCUT2D eigenvalue weighted by atomic mass is 9.91. The van der Waals surface area contributed by atoms with Gasteiger partial charge in [0.15, 0.2) is 0 Å². The van der Waals surface area contributed by atoms with Crippen molar-refractivity contribution in [3.8, 4) is 28.7 Å². The van der Waals surface area contributed by atoms with Gasteiger partial charge in [-0.1, -0.05) is 41.9 Å². The highest BCUT2D eigenvalue weighted by atomic mass is 35.5. The highest BCUT2D eigenvalue weighted by molar-refractivity contribution is 6.32. The van der Waals surface area contributed by atoms with Gasteiger partial charge in [0.25, 0.3) is 5.91 Å². The summed E-state index contributed by atoms with van der Waals surface area (Å²) in [4.78, 5) is 33.3. The molecule has 1 aromatic heterocycles. The number of carbonyl (C=O) groups excluding carboxylic acids is 1. The first-order chi connectivity index (χ1) is 24.7. The van der Waals surface area contributed by atoms with E-state index in [1.54, 1.807) is 24.4 Å². The number of piperazine rings is 1. The molecule has 1 unspecified atom stereocenters. The summed E-state index contributed by atoms with van der Waals surface area (Å²) >= 11 is 6.82. The van der Waals surface area contributed by atoms with Crippen LogP contribution in [0, 0.1) is 25.2 Å². The molecule has 12 heteroatoms. The van der Waals surface area contributed by atoms with Crippen molar-refractivity contribution in [3.05, 3.63) is 111 Å². The van der Waals surface area contributed by atoms with Crippen LogP contribution in [0.1, 0.15) is 43.7 Å². The van der Waals surface area contributed by atoms with Crippen LogP contribution in [0.2, 0.25) is 5.02 Å². The van der Waals surface area contributed by atoms with Crippen LogP contribution in [0.4, 0.5) is 0 Å². The third-order valence-corrected chi connectivity index (χ3v) is 9.72. The predicted molar refractivity (Wildman–Crippen MR) is 192 cm³/mol. The molecule has 2 aliphatic rings. The molecule has 1 amide bonds. The lowest BCUT2D eigenvalue weighted by Crippen LogP contribution is -2.54. The summed E-state index contributed by atoms with van der Waals surface area (Å²) in [6.45, 7) is 8.46. The molecule has 0 saturated carbocycles.